The molecule has 1 fully saturated rings. The first kappa shape index (κ1) is 12.8. The average Bonchev–Trinajstić information content (AvgIpc) is 2.33. The van der Waals surface area contributed by atoms with Gasteiger partial charge in [0, 0.05) is 38.4 Å². The Morgan fingerprint density at radius 1 is 1.06 bits per heavy atom. The minimum Gasteiger partial charge on any atom is -0.299 e. The maximum atomic E-state index is 13.0. The molecule has 1 saturated heterocycles. The lowest BCUT2D eigenvalue weighted by Gasteiger charge is -2.31. The summed E-state index contributed by atoms with van der Waals surface area (Å²) in [6.07, 6.45) is -0.0421. The second-order valence-electron chi connectivity index (χ2n) is 4.58. The normalized spacial score (nSPS) is 20.4. The van der Waals surface area contributed by atoms with Crippen LogP contribution in [0.3, 0.4) is 0 Å². The third-order valence-corrected chi connectivity index (χ3v) is 3.48. The molecule has 0 saturated carbocycles. The molecule has 0 unspecified atom stereocenters. The second-order valence-corrected chi connectivity index (χ2v) is 4.85. The molecule has 1 nitrogen and oxygen atoms in total. The molecule has 17 heavy (non-hydrogen) atoms. The highest BCUT2D eigenvalue weighted by molar-refractivity contribution is 6.17. The van der Waals surface area contributed by atoms with Crippen molar-refractivity contribution in [3.05, 3.63) is 35.4 Å². The van der Waals surface area contributed by atoms with Gasteiger partial charge in [-0.05, 0) is 11.1 Å². The number of rotatable bonds is 3. The van der Waals surface area contributed by atoms with Crippen LogP contribution >= 0.6 is 11.6 Å². The summed E-state index contributed by atoms with van der Waals surface area (Å²) in [7, 11) is 0. The summed E-state index contributed by atoms with van der Waals surface area (Å²) in [6, 6.07) is 8.01. The molecule has 94 valence electrons. The number of alkyl halides is 3. The van der Waals surface area contributed by atoms with Crippen molar-refractivity contribution in [2.75, 3.05) is 13.1 Å². The first-order chi connectivity index (χ1) is 8.09. The Labute approximate surface area is 105 Å². The molecule has 0 amide bonds. The molecule has 0 radical (unpaired) electrons. The first-order valence-corrected chi connectivity index (χ1v) is 6.36. The van der Waals surface area contributed by atoms with Crippen molar-refractivity contribution >= 4 is 11.6 Å². The Balaban J connectivity index is 1.89. The third kappa shape index (κ3) is 3.65. The van der Waals surface area contributed by atoms with Crippen LogP contribution in [0.5, 0.6) is 0 Å². The fourth-order valence-corrected chi connectivity index (χ4v) is 2.21. The number of benzene rings is 1. The van der Waals surface area contributed by atoms with Crippen LogP contribution in [-0.4, -0.2) is 23.9 Å². The van der Waals surface area contributed by atoms with E-state index in [2.05, 4.69) is 4.90 Å². The summed E-state index contributed by atoms with van der Waals surface area (Å²) >= 11 is 5.71. The van der Waals surface area contributed by atoms with Crippen molar-refractivity contribution in [3.8, 4) is 0 Å². The van der Waals surface area contributed by atoms with E-state index in [1.165, 1.54) is 0 Å². The van der Waals surface area contributed by atoms with Crippen LogP contribution in [0.25, 0.3) is 0 Å². The fourth-order valence-electron chi connectivity index (χ4n) is 2.03. The van der Waals surface area contributed by atoms with E-state index in [0.717, 1.165) is 17.7 Å². The molecule has 2 rings (SSSR count). The third-order valence-electron chi connectivity index (χ3n) is 3.17. The van der Waals surface area contributed by atoms with Gasteiger partial charge in [0.2, 0.25) is 0 Å². The van der Waals surface area contributed by atoms with Gasteiger partial charge >= 0.3 is 0 Å². The van der Waals surface area contributed by atoms with E-state index >= 15 is 0 Å². The molecular formula is C13H16ClF2N. The van der Waals surface area contributed by atoms with Crippen molar-refractivity contribution in [2.45, 2.75) is 31.2 Å². The molecular weight excluding hydrogens is 244 g/mol. The summed E-state index contributed by atoms with van der Waals surface area (Å²) in [5.74, 6) is -1.95. The van der Waals surface area contributed by atoms with Crippen molar-refractivity contribution < 1.29 is 8.78 Å². The summed E-state index contributed by atoms with van der Waals surface area (Å²) in [4.78, 5) is 2.08. The number of nitrogens with zero attached hydrogens (tertiary/aromatic N) is 1. The molecule has 0 spiro atoms. The molecule has 0 aromatic heterocycles. The zero-order valence-electron chi connectivity index (χ0n) is 9.63. The van der Waals surface area contributed by atoms with E-state index in [-0.39, 0.29) is 12.8 Å². The molecule has 0 atom stereocenters. The van der Waals surface area contributed by atoms with Crippen molar-refractivity contribution in [2.24, 2.45) is 0 Å². The van der Waals surface area contributed by atoms with E-state index < -0.39 is 5.92 Å². The number of piperidine rings is 1. The summed E-state index contributed by atoms with van der Waals surface area (Å²) < 4.78 is 25.9. The maximum absolute atomic E-state index is 13.0. The van der Waals surface area contributed by atoms with E-state index in [9.17, 15) is 8.78 Å². The number of hydrogen-bond donors (Lipinski definition) is 0. The fraction of sp³-hybridized carbons (Fsp3) is 0.538. The number of likely N-dealkylation sites (tertiary alicyclic amines) is 1. The van der Waals surface area contributed by atoms with Crippen molar-refractivity contribution in [1.29, 1.82) is 0 Å². The van der Waals surface area contributed by atoms with Crippen LogP contribution in [0.2, 0.25) is 0 Å². The lowest BCUT2D eigenvalue weighted by Crippen LogP contribution is -2.38. The molecule has 0 N–H and O–H groups in total. The minimum absolute atomic E-state index is 0.0211. The molecule has 4 heteroatoms. The van der Waals surface area contributed by atoms with Gasteiger partial charge < -0.3 is 0 Å². The van der Waals surface area contributed by atoms with E-state index in [1.807, 2.05) is 24.3 Å². The summed E-state index contributed by atoms with van der Waals surface area (Å²) in [6.45, 7) is 1.70. The molecule has 1 heterocycles. The Morgan fingerprint density at radius 3 is 2.12 bits per heavy atom. The van der Waals surface area contributed by atoms with Gasteiger partial charge in [0.05, 0.1) is 0 Å². The molecule has 1 aromatic rings. The summed E-state index contributed by atoms with van der Waals surface area (Å²) in [5.41, 5.74) is 2.24. The molecule has 0 bridgehead atoms. The Kier molecular flexibility index (Phi) is 4.00. The second kappa shape index (κ2) is 5.32. The van der Waals surface area contributed by atoms with Gasteiger partial charge in [-0.2, -0.15) is 0 Å². The van der Waals surface area contributed by atoms with Crippen LogP contribution in [0.4, 0.5) is 8.78 Å². The van der Waals surface area contributed by atoms with Gasteiger partial charge in [0.25, 0.3) is 5.92 Å². The molecule has 1 aliphatic heterocycles. The smallest absolute Gasteiger partial charge is 0.250 e. The quantitative estimate of drug-likeness (QED) is 0.749. The van der Waals surface area contributed by atoms with E-state index in [4.69, 9.17) is 11.6 Å². The highest BCUT2D eigenvalue weighted by Gasteiger charge is 2.33. The number of hydrogen-bond acceptors (Lipinski definition) is 1. The lowest BCUT2D eigenvalue weighted by atomic mass is 10.1. The van der Waals surface area contributed by atoms with Gasteiger partial charge in [-0.3, -0.25) is 4.90 Å². The number of halogens is 3. The highest BCUT2D eigenvalue weighted by atomic mass is 35.5. The van der Waals surface area contributed by atoms with Crippen LogP contribution in [0.15, 0.2) is 24.3 Å². The standard InChI is InChI=1S/C13H16ClF2N/c14-9-11-1-3-12(4-2-11)10-17-7-5-13(15,16)6-8-17/h1-4H,5-10H2. The van der Waals surface area contributed by atoms with Crippen LogP contribution in [-0.2, 0) is 12.4 Å². The first-order valence-electron chi connectivity index (χ1n) is 5.83. The maximum Gasteiger partial charge on any atom is 0.250 e. The van der Waals surface area contributed by atoms with E-state index in [0.29, 0.717) is 19.0 Å². The Bertz CT molecular complexity index is 354. The zero-order chi connectivity index (χ0) is 12.3. The zero-order valence-corrected chi connectivity index (χ0v) is 10.4. The predicted molar refractivity (Wildman–Crippen MR) is 65.5 cm³/mol. The largest absolute Gasteiger partial charge is 0.299 e. The van der Waals surface area contributed by atoms with Crippen LogP contribution < -0.4 is 0 Å². The van der Waals surface area contributed by atoms with Gasteiger partial charge in [-0.1, -0.05) is 24.3 Å². The summed E-state index contributed by atoms with van der Waals surface area (Å²) in [5, 5.41) is 0. The molecule has 1 aliphatic rings. The van der Waals surface area contributed by atoms with Crippen LogP contribution in [0.1, 0.15) is 24.0 Å². The minimum atomic E-state index is -2.46. The highest BCUT2D eigenvalue weighted by Crippen LogP contribution is 2.28. The Hall–Kier alpha value is -0.670. The van der Waals surface area contributed by atoms with E-state index in [1.54, 1.807) is 0 Å². The molecule has 0 aliphatic carbocycles. The SMILES string of the molecule is FC1(F)CCN(Cc2ccc(CCl)cc2)CC1. The van der Waals surface area contributed by atoms with Crippen molar-refractivity contribution in [3.63, 3.8) is 0 Å². The van der Waals surface area contributed by atoms with Gasteiger partial charge in [-0.15, -0.1) is 11.6 Å². The lowest BCUT2D eigenvalue weighted by molar-refractivity contribution is -0.0566. The van der Waals surface area contributed by atoms with Gasteiger partial charge in [0.15, 0.2) is 0 Å². The molecule has 1 aromatic carbocycles. The van der Waals surface area contributed by atoms with Crippen molar-refractivity contribution in [1.82, 2.24) is 4.90 Å². The topological polar surface area (TPSA) is 3.24 Å². The average molecular weight is 260 g/mol. The monoisotopic (exact) mass is 259 g/mol. The predicted octanol–water partition coefficient (Wildman–Crippen LogP) is 3.66. The van der Waals surface area contributed by atoms with Crippen LogP contribution in [0, 0.1) is 0 Å². The van der Waals surface area contributed by atoms with Gasteiger partial charge in [-0.25, -0.2) is 8.78 Å². The van der Waals surface area contributed by atoms with Gasteiger partial charge in [0.1, 0.15) is 0 Å². The Morgan fingerprint density at radius 2 is 1.59 bits per heavy atom.